The fourth-order valence-electron chi connectivity index (χ4n) is 2.46. The highest BCUT2D eigenvalue weighted by molar-refractivity contribution is 6.03. The van der Waals surface area contributed by atoms with Gasteiger partial charge in [-0.15, -0.1) is 0 Å². The Kier molecular flexibility index (Phi) is 5.45. The van der Waals surface area contributed by atoms with Crippen LogP contribution in [-0.4, -0.2) is 15.9 Å². The van der Waals surface area contributed by atoms with Gasteiger partial charge in [-0.05, 0) is 55.5 Å². The lowest BCUT2D eigenvalue weighted by Crippen LogP contribution is -2.15. The summed E-state index contributed by atoms with van der Waals surface area (Å²) < 4.78 is 37.9. The number of nitriles is 1. The molecule has 1 amide bonds. The van der Waals surface area contributed by atoms with Gasteiger partial charge in [0.05, 0.1) is 17.2 Å². The molecule has 0 bridgehead atoms. The lowest BCUT2D eigenvalue weighted by atomic mass is 10.2. The summed E-state index contributed by atoms with van der Waals surface area (Å²) in [5, 5.41) is 14.4. The number of hydrogen-bond donors (Lipinski definition) is 2. The second-order valence-corrected chi connectivity index (χ2v) is 6.03. The first-order valence-corrected chi connectivity index (χ1v) is 8.36. The van der Waals surface area contributed by atoms with Gasteiger partial charge in [-0.2, -0.15) is 18.4 Å². The quantitative estimate of drug-likeness (QED) is 0.668. The summed E-state index contributed by atoms with van der Waals surface area (Å²) in [5.41, 5.74) is 0.624. The molecule has 1 aromatic heterocycles. The first kappa shape index (κ1) is 19.8. The Morgan fingerprint density at radius 1 is 1.00 bits per heavy atom. The number of carbonyl (C=O) groups excluding carboxylic acids is 1. The Balaban J connectivity index is 1.76. The fraction of sp³-hybridized carbons (Fsp3) is 0.100. The second kappa shape index (κ2) is 7.98. The zero-order valence-electron chi connectivity index (χ0n) is 15.1. The minimum atomic E-state index is -4.45. The zero-order valence-corrected chi connectivity index (χ0v) is 15.1. The Morgan fingerprint density at radius 3 is 2.21 bits per heavy atom. The summed E-state index contributed by atoms with van der Waals surface area (Å²) in [5.74, 6) is 0.110. The van der Waals surface area contributed by atoms with Crippen LogP contribution in [0.3, 0.4) is 0 Å². The van der Waals surface area contributed by atoms with Gasteiger partial charge in [0.2, 0.25) is 0 Å². The van der Waals surface area contributed by atoms with Gasteiger partial charge in [-0.25, -0.2) is 9.97 Å². The van der Waals surface area contributed by atoms with Crippen molar-refractivity contribution in [3.63, 3.8) is 0 Å². The molecule has 0 saturated carbocycles. The normalized spacial score (nSPS) is 10.9. The fourth-order valence-corrected chi connectivity index (χ4v) is 2.46. The molecule has 1 heterocycles. The summed E-state index contributed by atoms with van der Waals surface area (Å²) in [4.78, 5) is 20.7. The van der Waals surface area contributed by atoms with Gasteiger partial charge in [0, 0.05) is 17.4 Å². The van der Waals surface area contributed by atoms with Crippen LogP contribution in [0.1, 0.15) is 27.4 Å². The SMILES string of the molecule is Cc1nc(Nc2ccc(C#N)cc2)cc(C(=O)Nc2ccc(C(F)(F)F)cc2)n1. The van der Waals surface area contributed by atoms with Gasteiger partial charge in [-0.1, -0.05) is 0 Å². The molecule has 0 saturated heterocycles. The van der Waals surface area contributed by atoms with E-state index in [0.717, 1.165) is 12.1 Å². The van der Waals surface area contributed by atoms with Crippen molar-refractivity contribution in [2.75, 3.05) is 10.6 Å². The lowest BCUT2D eigenvalue weighted by Gasteiger charge is -2.10. The summed E-state index contributed by atoms with van der Waals surface area (Å²) in [6.45, 7) is 1.61. The van der Waals surface area contributed by atoms with E-state index in [9.17, 15) is 18.0 Å². The molecule has 9 heteroatoms. The molecule has 29 heavy (non-hydrogen) atoms. The zero-order chi connectivity index (χ0) is 21.0. The van der Waals surface area contributed by atoms with E-state index in [1.54, 1.807) is 31.2 Å². The van der Waals surface area contributed by atoms with Crippen LogP contribution in [0, 0.1) is 18.3 Å². The van der Waals surface area contributed by atoms with Crippen molar-refractivity contribution in [1.29, 1.82) is 5.26 Å². The van der Waals surface area contributed by atoms with Gasteiger partial charge in [0.25, 0.3) is 5.91 Å². The third kappa shape index (κ3) is 5.07. The summed E-state index contributed by atoms with van der Waals surface area (Å²) in [6, 6.07) is 14.2. The topological polar surface area (TPSA) is 90.7 Å². The average molecular weight is 397 g/mol. The highest BCUT2D eigenvalue weighted by Gasteiger charge is 2.30. The number of halogens is 3. The molecular weight excluding hydrogens is 383 g/mol. The average Bonchev–Trinajstić information content (AvgIpc) is 2.68. The van der Waals surface area contributed by atoms with Crippen LogP contribution >= 0.6 is 0 Å². The Hall–Kier alpha value is -3.93. The largest absolute Gasteiger partial charge is 0.416 e. The van der Waals surface area contributed by atoms with Crippen molar-refractivity contribution in [3.8, 4) is 6.07 Å². The van der Waals surface area contributed by atoms with E-state index < -0.39 is 17.6 Å². The molecule has 0 unspecified atom stereocenters. The molecule has 6 nitrogen and oxygen atoms in total. The summed E-state index contributed by atoms with van der Waals surface area (Å²) in [6.07, 6.45) is -4.45. The maximum Gasteiger partial charge on any atom is 0.416 e. The van der Waals surface area contributed by atoms with Crippen LogP contribution in [-0.2, 0) is 6.18 Å². The predicted octanol–water partition coefficient (Wildman–Crippen LogP) is 4.67. The maximum atomic E-state index is 12.6. The molecule has 0 aliphatic carbocycles. The van der Waals surface area contributed by atoms with Crippen molar-refractivity contribution < 1.29 is 18.0 Å². The number of anilines is 3. The molecule has 2 aromatic carbocycles. The van der Waals surface area contributed by atoms with E-state index in [-0.39, 0.29) is 11.4 Å². The molecule has 146 valence electrons. The van der Waals surface area contributed by atoms with Crippen molar-refractivity contribution in [3.05, 3.63) is 77.2 Å². The number of aryl methyl sites for hydroxylation is 1. The van der Waals surface area contributed by atoms with Gasteiger partial charge in [0.1, 0.15) is 17.3 Å². The number of aromatic nitrogens is 2. The second-order valence-electron chi connectivity index (χ2n) is 6.03. The summed E-state index contributed by atoms with van der Waals surface area (Å²) in [7, 11) is 0. The standard InChI is InChI=1S/C20H14F3N5O/c1-12-25-17(10-18(26-12)27-15-6-2-13(11-24)3-7-15)19(29)28-16-8-4-14(5-9-16)20(21,22)23/h2-10H,1H3,(H,28,29)(H,25,26,27). The third-order valence-corrected chi connectivity index (χ3v) is 3.83. The highest BCUT2D eigenvalue weighted by atomic mass is 19.4. The molecule has 2 N–H and O–H groups in total. The van der Waals surface area contributed by atoms with Crippen molar-refractivity contribution in [1.82, 2.24) is 9.97 Å². The molecule has 0 radical (unpaired) electrons. The van der Waals surface area contributed by atoms with Gasteiger partial charge >= 0.3 is 6.18 Å². The first-order valence-electron chi connectivity index (χ1n) is 8.36. The minimum Gasteiger partial charge on any atom is -0.340 e. The van der Waals surface area contributed by atoms with E-state index >= 15 is 0 Å². The number of amides is 1. The van der Waals surface area contributed by atoms with E-state index in [2.05, 4.69) is 20.6 Å². The number of nitrogens with zero attached hydrogens (tertiary/aromatic N) is 3. The van der Waals surface area contributed by atoms with Crippen LogP contribution in [0.15, 0.2) is 54.6 Å². The van der Waals surface area contributed by atoms with E-state index in [0.29, 0.717) is 22.9 Å². The van der Waals surface area contributed by atoms with Gasteiger partial charge in [0.15, 0.2) is 0 Å². The smallest absolute Gasteiger partial charge is 0.340 e. The van der Waals surface area contributed by atoms with Gasteiger partial charge in [-0.3, -0.25) is 4.79 Å². The molecule has 0 aliphatic rings. The first-order chi connectivity index (χ1) is 13.7. The van der Waals surface area contributed by atoms with Crippen LogP contribution < -0.4 is 10.6 Å². The third-order valence-electron chi connectivity index (χ3n) is 3.83. The molecule has 0 fully saturated rings. The number of nitrogens with one attached hydrogen (secondary N) is 2. The summed E-state index contributed by atoms with van der Waals surface area (Å²) >= 11 is 0. The number of rotatable bonds is 4. The number of hydrogen-bond acceptors (Lipinski definition) is 5. The Morgan fingerprint density at radius 2 is 1.62 bits per heavy atom. The molecule has 3 aromatic rings. The molecule has 0 spiro atoms. The molecule has 0 aliphatic heterocycles. The minimum absolute atomic E-state index is 0.0496. The van der Waals surface area contributed by atoms with Crippen molar-refractivity contribution >= 4 is 23.1 Å². The van der Waals surface area contributed by atoms with E-state index in [1.807, 2.05) is 6.07 Å². The number of benzene rings is 2. The predicted molar refractivity (Wildman–Crippen MR) is 101 cm³/mol. The highest BCUT2D eigenvalue weighted by Crippen LogP contribution is 2.29. The lowest BCUT2D eigenvalue weighted by molar-refractivity contribution is -0.137. The Labute approximate surface area is 164 Å². The van der Waals surface area contributed by atoms with Crippen molar-refractivity contribution in [2.24, 2.45) is 0 Å². The van der Waals surface area contributed by atoms with Crippen LogP contribution in [0.5, 0.6) is 0 Å². The van der Waals surface area contributed by atoms with Crippen LogP contribution in [0.25, 0.3) is 0 Å². The molecule has 0 atom stereocenters. The van der Waals surface area contributed by atoms with Crippen LogP contribution in [0.4, 0.5) is 30.4 Å². The monoisotopic (exact) mass is 397 g/mol. The van der Waals surface area contributed by atoms with E-state index in [1.165, 1.54) is 18.2 Å². The maximum absolute atomic E-state index is 12.6. The number of alkyl halides is 3. The molecular formula is C20H14F3N5O. The number of carbonyl (C=O) groups is 1. The van der Waals surface area contributed by atoms with Crippen molar-refractivity contribution in [2.45, 2.75) is 13.1 Å². The Bertz CT molecular complexity index is 1070. The van der Waals surface area contributed by atoms with Crippen LogP contribution in [0.2, 0.25) is 0 Å². The van der Waals surface area contributed by atoms with Gasteiger partial charge < -0.3 is 10.6 Å². The molecule has 3 rings (SSSR count). The van der Waals surface area contributed by atoms with E-state index in [4.69, 9.17) is 5.26 Å².